The lowest BCUT2D eigenvalue weighted by Gasteiger charge is -2.16. The topological polar surface area (TPSA) is 41.8 Å². The molecule has 0 aliphatic heterocycles. The van der Waals surface area contributed by atoms with Crippen LogP contribution in [0, 0.1) is 5.41 Å². The third kappa shape index (κ3) is 1.03. The Bertz CT molecular complexity index is 524. The zero-order valence-corrected chi connectivity index (χ0v) is 9.17. The summed E-state index contributed by atoms with van der Waals surface area (Å²) in [5.74, 6) is 0. The summed E-state index contributed by atoms with van der Waals surface area (Å²) in [5, 5.41) is 1.27. The van der Waals surface area contributed by atoms with Crippen LogP contribution in [0.4, 0.5) is 0 Å². The van der Waals surface area contributed by atoms with Crippen molar-refractivity contribution in [2.45, 2.75) is 25.8 Å². The van der Waals surface area contributed by atoms with Crippen molar-refractivity contribution in [2.75, 3.05) is 0 Å². The minimum absolute atomic E-state index is 0.130. The maximum atomic E-state index is 6.46. The molecule has 1 aromatic carbocycles. The molecule has 1 aromatic heterocycles. The Hall–Kier alpha value is -1.28. The first-order valence-corrected chi connectivity index (χ1v) is 5.40. The van der Waals surface area contributed by atoms with Crippen molar-refractivity contribution in [2.24, 2.45) is 11.1 Å². The Balaban J connectivity index is 2.24. The number of hydrogen-bond donors (Lipinski definition) is 2. The van der Waals surface area contributed by atoms with Crippen molar-refractivity contribution < 1.29 is 0 Å². The van der Waals surface area contributed by atoms with Gasteiger partial charge in [-0.3, -0.25) is 0 Å². The maximum Gasteiger partial charge on any atom is 0.0474 e. The third-order valence-electron chi connectivity index (χ3n) is 3.88. The second-order valence-electron chi connectivity index (χ2n) is 5.28. The van der Waals surface area contributed by atoms with Crippen LogP contribution in [0.5, 0.6) is 0 Å². The summed E-state index contributed by atoms with van der Waals surface area (Å²) in [6, 6.07) is 8.45. The molecule has 1 atom stereocenters. The number of benzene rings is 1. The van der Waals surface area contributed by atoms with Crippen LogP contribution in [-0.4, -0.2) is 4.98 Å². The molecule has 2 heteroatoms. The summed E-state index contributed by atoms with van der Waals surface area (Å²) < 4.78 is 0. The van der Waals surface area contributed by atoms with Crippen molar-refractivity contribution in [1.29, 1.82) is 0 Å². The van der Waals surface area contributed by atoms with Crippen LogP contribution < -0.4 is 5.73 Å². The molecule has 3 rings (SSSR count). The Labute approximate surface area is 89.5 Å². The number of hydrogen-bond acceptors (Lipinski definition) is 1. The number of aromatic amines is 1. The van der Waals surface area contributed by atoms with Gasteiger partial charge >= 0.3 is 0 Å². The van der Waals surface area contributed by atoms with Crippen LogP contribution in [0.15, 0.2) is 30.5 Å². The molecule has 1 saturated carbocycles. The van der Waals surface area contributed by atoms with Gasteiger partial charge in [-0.1, -0.05) is 26.0 Å². The molecule has 0 amide bonds. The summed E-state index contributed by atoms with van der Waals surface area (Å²) in [6.45, 7) is 4.47. The number of aromatic nitrogens is 1. The normalized spacial score (nSPS) is 28.2. The molecule has 2 nitrogen and oxygen atoms in total. The molecule has 3 N–H and O–H groups in total. The first-order valence-electron chi connectivity index (χ1n) is 5.40. The quantitative estimate of drug-likeness (QED) is 0.730. The molecule has 0 spiro atoms. The van der Waals surface area contributed by atoms with Gasteiger partial charge in [0, 0.05) is 22.6 Å². The van der Waals surface area contributed by atoms with Crippen LogP contribution in [0.2, 0.25) is 0 Å². The van der Waals surface area contributed by atoms with E-state index in [-0.39, 0.29) is 11.0 Å². The molecular weight excluding hydrogens is 184 g/mol. The van der Waals surface area contributed by atoms with Gasteiger partial charge in [0.25, 0.3) is 0 Å². The standard InChI is InChI=1S/C13H16N2/c1-12(2)8-13(12,14)10-4-3-5-11-9(10)6-7-15-11/h3-7,15H,8,14H2,1-2H3. The highest BCUT2D eigenvalue weighted by atomic mass is 14.9. The fraction of sp³-hybridized carbons (Fsp3) is 0.385. The van der Waals surface area contributed by atoms with E-state index in [0.717, 1.165) is 6.42 Å². The van der Waals surface area contributed by atoms with Gasteiger partial charge in [-0.15, -0.1) is 0 Å². The number of fused-ring (bicyclic) bond motifs is 1. The summed E-state index contributed by atoms with van der Waals surface area (Å²) in [5.41, 5.74) is 9.03. The van der Waals surface area contributed by atoms with E-state index in [1.807, 2.05) is 6.20 Å². The molecule has 0 saturated heterocycles. The van der Waals surface area contributed by atoms with Crippen molar-refractivity contribution in [3.05, 3.63) is 36.0 Å². The van der Waals surface area contributed by atoms with Gasteiger partial charge in [0.15, 0.2) is 0 Å². The van der Waals surface area contributed by atoms with E-state index < -0.39 is 0 Å². The Morgan fingerprint density at radius 2 is 2.00 bits per heavy atom. The summed E-state index contributed by atoms with van der Waals surface area (Å²) in [4.78, 5) is 3.23. The summed E-state index contributed by atoms with van der Waals surface area (Å²) in [7, 11) is 0. The Morgan fingerprint density at radius 1 is 1.27 bits per heavy atom. The van der Waals surface area contributed by atoms with Gasteiger partial charge in [0.05, 0.1) is 0 Å². The average Bonchev–Trinajstić information content (AvgIpc) is 2.61. The van der Waals surface area contributed by atoms with E-state index in [4.69, 9.17) is 5.73 Å². The summed E-state index contributed by atoms with van der Waals surface area (Å²) in [6.07, 6.45) is 3.05. The molecule has 0 radical (unpaired) electrons. The SMILES string of the molecule is CC1(C)CC1(N)c1cccc2[nH]ccc12. The molecule has 0 bridgehead atoms. The van der Waals surface area contributed by atoms with Crippen LogP contribution in [0.3, 0.4) is 0 Å². The van der Waals surface area contributed by atoms with Crippen molar-refractivity contribution in [3.63, 3.8) is 0 Å². The average molecular weight is 200 g/mol. The fourth-order valence-electron chi connectivity index (χ4n) is 2.59. The highest BCUT2D eigenvalue weighted by Gasteiger charge is 2.59. The van der Waals surface area contributed by atoms with Gasteiger partial charge in [0.2, 0.25) is 0 Å². The monoisotopic (exact) mass is 200 g/mol. The largest absolute Gasteiger partial charge is 0.361 e. The predicted octanol–water partition coefficient (Wildman–Crippen LogP) is 2.75. The molecule has 1 unspecified atom stereocenters. The van der Waals surface area contributed by atoms with Crippen LogP contribution in [0.25, 0.3) is 10.9 Å². The smallest absolute Gasteiger partial charge is 0.0474 e. The van der Waals surface area contributed by atoms with E-state index >= 15 is 0 Å². The minimum Gasteiger partial charge on any atom is -0.361 e. The Kier molecular flexibility index (Phi) is 1.47. The summed E-state index contributed by atoms with van der Waals surface area (Å²) >= 11 is 0. The number of nitrogens with two attached hydrogens (primary N) is 1. The molecule has 2 aromatic rings. The Morgan fingerprint density at radius 3 is 2.67 bits per heavy atom. The lowest BCUT2D eigenvalue weighted by Crippen LogP contribution is -2.25. The van der Waals surface area contributed by atoms with Gasteiger partial charge in [-0.2, -0.15) is 0 Å². The van der Waals surface area contributed by atoms with E-state index in [2.05, 4.69) is 43.1 Å². The highest BCUT2D eigenvalue weighted by molar-refractivity contribution is 5.84. The molecular formula is C13H16N2. The van der Waals surface area contributed by atoms with Gasteiger partial charge in [0.1, 0.15) is 0 Å². The van der Waals surface area contributed by atoms with Crippen LogP contribution >= 0.6 is 0 Å². The second-order valence-corrected chi connectivity index (χ2v) is 5.28. The molecule has 1 aliphatic rings. The first kappa shape index (κ1) is 8.98. The van der Waals surface area contributed by atoms with Crippen molar-refractivity contribution in [3.8, 4) is 0 Å². The van der Waals surface area contributed by atoms with E-state index in [9.17, 15) is 0 Å². The zero-order chi connectivity index (χ0) is 10.7. The predicted molar refractivity (Wildman–Crippen MR) is 62.6 cm³/mol. The zero-order valence-electron chi connectivity index (χ0n) is 9.17. The molecule has 78 valence electrons. The first-order chi connectivity index (χ1) is 7.05. The third-order valence-corrected chi connectivity index (χ3v) is 3.88. The van der Waals surface area contributed by atoms with Gasteiger partial charge in [-0.25, -0.2) is 0 Å². The van der Waals surface area contributed by atoms with Crippen molar-refractivity contribution >= 4 is 10.9 Å². The maximum absolute atomic E-state index is 6.46. The number of H-pyrrole nitrogens is 1. The van der Waals surface area contributed by atoms with Crippen molar-refractivity contribution in [1.82, 2.24) is 4.98 Å². The number of nitrogens with one attached hydrogen (secondary N) is 1. The van der Waals surface area contributed by atoms with E-state index in [1.54, 1.807) is 0 Å². The molecule has 15 heavy (non-hydrogen) atoms. The fourth-order valence-corrected chi connectivity index (χ4v) is 2.59. The second kappa shape index (κ2) is 2.45. The lowest BCUT2D eigenvalue weighted by molar-refractivity contribution is 0.513. The molecule has 1 fully saturated rings. The van der Waals surface area contributed by atoms with Gasteiger partial charge < -0.3 is 10.7 Å². The lowest BCUT2D eigenvalue weighted by atomic mass is 9.94. The number of rotatable bonds is 1. The molecule has 1 aliphatic carbocycles. The van der Waals surface area contributed by atoms with Crippen LogP contribution in [0.1, 0.15) is 25.8 Å². The van der Waals surface area contributed by atoms with E-state index in [1.165, 1.54) is 16.5 Å². The molecule has 1 heterocycles. The van der Waals surface area contributed by atoms with E-state index in [0.29, 0.717) is 0 Å². The highest BCUT2D eigenvalue weighted by Crippen LogP contribution is 2.61. The van der Waals surface area contributed by atoms with Gasteiger partial charge in [-0.05, 0) is 29.5 Å². The minimum atomic E-state index is -0.130. The van der Waals surface area contributed by atoms with Crippen LogP contribution in [-0.2, 0) is 5.54 Å².